The van der Waals surface area contributed by atoms with Crippen LogP contribution in [0.25, 0.3) is 0 Å². The SMILES string of the molecule is CC1(C)C(C(=O)N(Cc2cccs2)C2CC(=O)N(c3ccc(Cl)cc3)C2=O)C1(C)C. The van der Waals surface area contributed by atoms with Crippen molar-refractivity contribution in [2.45, 2.75) is 46.7 Å². The van der Waals surface area contributed by atoms with E-state index in [1.807, 2.05) is 17.5 Å². The van der Waals surface area contributed by atoms with E-state index < -0.39 is 6.04 Å². The number of anilines is 1. The second-order valence-electron chi connectivity index (χ2n) is 9.19. The monoisotopic (exact) mass is 444 g/mol. The Morgan fingerprint density at radius 2 is 1.77 bits per heavy atom. The molecule has 1 saturated heterocycles. The molecule has 0 bridgehead atoms. The molecule has 2 fully saturated rings. The Balaban J connectivity index is 1.65. The Bertz CT molecular complexity index is 984. The average molecular weight is 445 g/mol. The first kappa shape index (κ1) is 21.1. The number of carbonyl (C=O) groups is 3. The van der Waals surface area contributed by atoms with Crippen LogP contribution >= 0.6 is 22.9 Å². The fraction of sp³-hybridized carbons (Fsp3) is 0.435. The van der Waals surface area contributed by atoms with Gasteiger partial charge >= 0.3 is 0 Å². The highest BCUT2D eigenvalue weighted by molar-refractivity contribution is 7.09. The van der Waals surface area contributed by atoms with Crippen LogP contribution in [0.2, 0.25) is 5.02 Å². The number of hydrogen-bond donors (Lipinski definition) is 0. The third-order valence-corrected chi connectivity index (χ3v) is 8.15. The Morgan fingerprint density at radius 1 is 1.13 bits per heavy atom. The van der Waals surface area contributed by atoms with Crippen molar-refractivity contribution in [1.29, 1.82) is 0 Å². The van der Waals surface area contributed by atoms with Crippen LogP contribution in [-0.2, 0) is 20.9 Å². The van der Waals surface area contributed by atoms with E-state index in [4.69, 9.17) is 11.6 Å². The molecule has 2 aliphatic rings. The highest BCUT2D eigenvalue weighted by Crippen LogP contribution is 2.69. The van der Waals surface area contributed by atoms with E-state index in [1.54, 1.807) is 40.5 Å². The molecule has 0 N–H and O–H groups in total. The second kappa shape index (κ2) is 7.20. The maximum atomic E-state index is 13.6. The lowest BCUT2D eigenvalue weighted by molar-refractivity contribution is -0.141. The summed E-state index contributed by atoms with van der Waals surface area (Å²) in [6.07, 6.45) is -0.00779. The molecule has 5 nitrogen and oxygen atoms in total. The molecular weight excluding hydrogens is 420 g/mol. The van der Waals surface area contributed by atoms with Gasteiger partial charge < -0.3 is 4.90 Å². The molecule has 1 aromatic carbocycles. The van der Waals surface area contributed by atoms with Gasteiger partial charge in [-0.05, 0) is 46.5 Å². The summed E-state index contributed by atoms with van der Waals surface area (Å²) in [6.45, 7) is 8.67. The second-order valence-corrected chi connectivity index (χ2v) is 10.7. The van der Waals surface area contributed by atoms with Crippen LogP contribution in [-0.4, -0.2) is 28.7 Å². The van der Waals surface area contributed by atoms with Crippen molar-refractivity contribution >= 4 is 46.3 Å². The zero-order chi connectivity index (χ0) is 21.8. The van der Waals surface area contributed by atoms with Crippen LogP contribution < -0.4 is 4.90 Å². The summed E-state index contributed by atoms with van der Waals surface area (Å²) < 4.78 is 0. The van der Waals surface area contributed by atoms with E-state index in [0.29, 0.717) is 17.3 Å². The fourth-order valence-electron chi connectivity index (χ4n) is 4.61. The summed E-state index contributed by atoms with van der Waals surface area (Å²) in [6, 6.07) is 9.68. The lowest BCUT2D eigenvalue weighted by Crippen LogP contribution is -2.46. The summed E-state index contributed by atoms with van der Waals surface area (Å²) in [5.74, 6) is -0.894. The number of nitrogens with zero attached hydrogens (tertiary/aromatic N) is 2. The van der Waals surface area contributed by atoms with E-state index in [1.165, 1.54) is 4.90 Å². The minimum atomic E-state index is -0.796. The molecule has 1 aliphatic heterocycles. The maximum Gasteiger partial charge on any atom is 0.257 e. The minimum absolute atomic E-state index is 0.00779. The first-order valence-corrected chi connectivity index (χ1v) is 11.3. The van der Waals surface area contributed by atoms with Crippen molar-refractivity contribution in [2.75, 3.05) is 4.90 Å². The van der Waals surface area contributed by atoms with Crippen LogP contribution in [0.5, 0.6) is 0 Å². The highest BCUT2D eigenvalue weighted by atomic mass is 35.5. The molecule has 30 heavy (non-hydrogen) atoms. The molecule has 3 amide bonds. The lowest BCUT2D eigenvalue weighted by Gasteiger charge is -2.28. The summed E-state index contributed by atoms with van der Waals surface area (Å²) in [7, 11) is 0. The summed E-state index contributed by atoms with van der Waals surface area (Å²) in [5.41, 5.74) is 0.172. The van der Waals surface area contributed by atoms with Crippen molar-refractivity contribution in [1.82, 2.24) is 4.90 Å². The first-order valence-electron chi connectivity index (χ1n) is 10.0. The van der Waals surface area contributed by atoms with Crippen LogP contribution in [0, 0.1) is 16.7 Å². The van der Waals surface area contributed by atoms with E-state index >= 15 is 0 Å². The number of imide groups is 1. The van der Waals surface area contributed by atoms with Crippen molar-refractivity contribution in [3.63, 3.8) is 0 Å². The standard InChI is InChI=1S/C23H25ClN2O3S/c1-22(2)19(23(22,3)4)21(29)25(13-16-6-5-11-30-16)17-12-18(27)26(20(17)28)15-9-7-14(24)8-10-15/h5-11,17,19H,12-13H2,1-4H3. The van der Waals surface area contributed by atoms with Crippen molar-refractivity contribution in [3.05, 3.63) is 51.7 Å². The molecule has 0 radical (unpaired) electrons. The molecule has 1 saturated carbocycles. The fourth-order valence-corrected chi connectivity index (χ4v) is 5.44. The number of thiophene rings is 1. The summed E-state index contributed by atoms with van der Waals surface area (Å²) in [4.78, 5) is 43.5. The van der Waals surface area contributed by atoms with E-state index in [-0.39, 0.29) is 40.9 Å². The Hall–Kier alpha value is -2.18. The van der Waals surface area contributed by atoms with Crippen LogP contribution in [0.4, 0.5) is 5.69 Å². The molecule has 1 aromatic heterocycles. The van der Waals surface area contributed by atoms with Gasteiger partial charge in [0.25, 0.3) is 5.91 Å². The Kier molecular flexibility index (Phi) is 5.06. The Morgan fingerprint density at radius 3 is 2.30 bits per heavy atom. The molecular formula is C23H25ClN2O3S. The van der Waals surface area contributed by atoms with E-state index in [9.17, 15) is 14.4 Å². The van der Waals surface area contributed by atoms with Crippen molar-refractivity contribution in [3.8, 4) is 0 Å². The first-order chi connectivity index (χ1) is 14.1. The van der Waals surface area contributed by atoms with Crippen LogP contribution in [0.15, 0.2) is 41.8 Å². The third kappa shape index (κ3) is 3.26. The van der Waals surface area contributed by atoms with Gasteiger partial charge in [-0.2, -0.15) is 0 Å². The summed E-state index contributed by atoms with van der Waals surface area (Å²) in [5, 5.41) is 2.48. The van der Waals surface area contributed by atoms with Crippen molar-refractivity contribution < 1.29 is 14.4 Å². The van der Waals surface area contributed by atoms with Gasteiger partial charge in [-0.25, -0.2) is 4.90 Å². The molecule has 1 atom stereocenters. The molecule has 1 aliphatic carbocycles. The normalized spacial score (nSPS) is 22.4. The van der Waals surface area contributed by atoms with Crippen molar-refractivity contribution in [2.24, 2.45) is 16.7 Å². The number of carbonyl (C=O) groups excluding carboxylic acids is 3. The number of hydrogen-bond acceptors (Lipinski definition) is 4. The molecule has 4 rings (SSSR count). The third-order valence-electron chi connectivity index (χ3n) is 7.04. The zero-order valence-corrected chi connectivity index (χ0v) is 19.1. The predicted molar refractivity (Wildman–Crippen MR) is 118 cm³/mol. The number of benzene rings is 1. The highest BCUT2D eigenvalue weighted by Gasteiger charge is 2.69. The average Bonchev–Trinajstić information content (AvgIpc) is 3.10. The van der Waals surface area contributed by atoms with Gasteiger partial charge in [-0.1, -0.05) is 45.4 Å². The number of rotatable bonds is 5. The molecule has 1 unspecified atom stereocenters. The Labute approximate surface area is 185 Å². The topological polar surface area (TPSA) is 57.7 Å². The molecule has 0 spiro atoms. The van der Waals surface area contributed by atoms with Gasteiger partial charge in [-0.15, -0.1) is 11.3 Å². The van der Waals surface area contributed by atoms with Gasteiger partial charge in [0.1, 0.15) is 6.04 Å². The molecule has 2 aromatic rings. The predicted octanol–water partition coefficient (Wildman–Crippen LogP) is 4.74. The van der Waals surface area contributed by atoms with E-state index in [0.717, 1.165) is 4.88 Å². The number of halogens is 1. The molecule has 7 heteroatoms. The largest absolute Gasteiger partial charge is 0.325 e. The van der Waals surface area contributed by atoms with Gasteiger partial charge in [0, 0.05) is 15.8 Å². The van der Waals surface area contributed by atoms with E-state index in [2.05, 4.69) is 27.7 Å². The molecule has 2 heterocycles. The smallest absolute Gasteiger partial charge is 0.257 e. The van der Waals surface area contributed by atoms with Gasteiger partial charge in [0.05, 0.1) is 18.7 Å². The molecule has 158 valence electrons. The quantitative estimate of drug-likeness (QED) is 0.625. The maximum absolute atomic E-state index is 13.6. The lowest BCUT2D eigenvalue weighted by atomic mass is 10.0. The summed E-state index contributed by atoms with van der Waals surface area (Å²) >= 11 is 7.49. The van der Waals surface area contributed by atoms with Crippen LogP contribution in [0.1, 0.15) is 39.0 Å². The minimum Gasteiger partial charge on any atom is -0.325 e. The van der Waals surface area contributed by atoms with Crippen LogP contribution in [0.3, 0.4) is 0 Å². The zero-order valence-electron chi connectivity index (χ0n) is 17.5. The number of amides is 3. The van der Waals surface area contributed by atoms with Gasteiger partial charge in [0.2, 0.25) is 11.8 Å². The van der Waals surface area contributed by atoms with Gasteiger partial charge in [-0.3, -0.25) is 14.4 Å². The van der Waals surface area contributed by atoms with Gasteiger partial charge in [0.15, 0.2) is 0 Å².